The van der Waals surface area contributed by atoms with E-state index in [2.05, 4.69) is 43.0 Å². The van der Waals surface area contributed by atoms with Crippen molar-refractivity contribution in [2.45, 2.75) is 58.2 Å². The summed E-state index contributed by atoms with van der Waals surface area (Å²) >= 11 is 0. The third kappa shape index (κ3) is 7.60. The maximum absolute atomic E-state index is 13.6. The van der Waals surface area contributed by atoms with Crippen LogP contribution in [0.15, 0.2) is 73.2 Å². The SMILES string of the molecule is CC(C)(C)OC(=O)NC[C@@H]1CCCN(c2c(NC(=O)c3ccn(-c4ccnnc4)n3)ccc(OC3CC3)c2-c2ccccc2)C1. The summed E-state index contributed by atoms with van der Waals surface area (Å²) in [7, 11) is 0. The second-order valence-electron chi connectivity index (χ2n) is 12.6. The molecule has 0 bridgehead atoms. The van der Waals surface area contributed by atoms with E-state index >= 15 is 0 Å². The molecule has 2 fully saturated rings. The molecule has 45 heavy (non-hydrogen) atoms. The van der Waals surface area contributed by atoms with Crippen LogP contribution in [0.1, 0.15) is 56.9 Å². The van der Waals surface area contributed by atoms with Gasteiger partial charge in [0.1, 0.15) is 11.4 Å². The number of ether oxygens (including phenoxy) is 2. The molecule has 2 N–H and O–H groups in total. The number of nitrogens with zero attached hydrogens (tertiary/aromatic N) is 5. The Hall–Kier alpha value is -4.93. The van der Waals surface area contributed by atoms with Crippen LogP contribution in [-0.4, -0.2) is 63.3 Å². The molecule has 234 valence electrons. The van der Waals surface area contributed by atoms with E-state index in [0.717, 1.165) is 54.8 Å². The van der Waals surface area contributed by atoms with E-state index < -0.39 is 11.7 Å². The molecule has 0 unspecified atom stereocenters. The fourth-order valence-electron chi connectivity index (χ4n) is 5.52. The first-order valence-corrected chi connectivity index (χ1v) is 15.5. The maximum atomic E-state index is 13.6. The zero-order valence-corrected chi connectivity index (χ0v) is 25.9. The molecule has 6 rings (SSSR count). The van der Waals surface area contributed by atoms with E-state index in [-0.39, 0.29) is 23.6 Å². The van der Waals surface area contributed by atoms with Crippen LogP contribution in [0.4, 0.5) is 16.2 Å². The number of carbonyl (C=O) groups is 2. The molecule has 11 nitrogen and oxygen atoms in total. The first kappa shape index (κ1) is 30.1. The molecule has 11 heteroatoms. The lowest BCUT2D eigenvalue weighted by molar-refractivity contribution is 0.0517. The van der Waals surface area contributed by atoms with Crippen molar-refractivity contribution in [1.29, 1.82) is 0 Å². The van der Waals surface area contributed by atoms with Crippen molar-refractivity contribution in [3.05, 3.63) is 78.9 Å². The Kier molecular flexibility index (Phi) is 8.68. The molecule has 1 aliphatic carbocycles. The molecule has 2 aliphatic rings. The van der Waals surface area contributed by atoms with E-state index in [1.807, 2.05) is 51.1 Å². The smallest absolute Gasteiger partial charge is 0.407 e. The lowest BCUT2D eigenvalue weighted by atomic mass is 9.94. The van der Waals surface area contributed by atoms with Gasteiger partial charge >= 0.3 is 6.09 Å². The fourth-order valence-corrected chi connectivity index (χ4v) is 5.52. The Morgan fingerprint density at radius 1 is 1.00 bits per heavy atom. The molecule has 2 aromatic carbocycles. The Morgan fingerprint density at radius 3 is 2.56 bits per heavy atom. The van der Waals surface area contributed by atoms with Gasteiger partial charge in [0.2, 0.25) is 0 Å². The van der Waals surface area contributed by atoms with Gasteiger partial charge in [-0.15, -0.1) is 0 Å². The normalized spacial score (nSPS) is 16.6. The minimum Gasteiger partial charge on any atom is -0.490 e. The summed E-state index contributed by atoms with van der Waals surface area (Å²) in [5.74, 6) is 0.656. The summed E-state index contributed by atoms with van der Waals surface area (Å²) in [5, 5.41) is 18.3. The van der Waals surface area contributed by atoms with E-state index in [1.165, 1.54) is 0 Å². The van der Waals surface area contributed by atoms with Gasteiger partial charge in [-0.1, -0.05) is 30.3 Å². The van der Waals surface area contributed by atoms with Gasteiger partial charge in [0.05, 0.1) is 35.6 Å². The number of aromatic nitrogens is 4. The number of amides is 2. The minimum absolute atomic E-state index is 0.191. The highest BCUT2D eigenvalue weighted by Crippen LogP contribution is 2.46. The van der Waals surface area contributed by atoms with E-state index in [1.54, 1.807) is 35.4 Å². The van der Waals surface area contributed by atoms with E-state index in [4.69, 9.17) is 9.47 Å². The van der Waals surface area contributed by atoms with Gasteiger partial charge in [0, 0.05) is 31.4 Å². The van der Waals surface area contributed by atoms with Crippen LogP contribution in [0, 0.1) is 5.92 Å². The lowest BCUT2D eigenvalue weighted by Gasteiger charge is -2.37. The number of nitrogens with one attached hydrogen (secondary N) is 2. The van der Waals surface area contributed by atoms with Gasteiger partial charge in [-0.25, -0.2) is 9.48 Å². The number of rotatable bonds is 9. The topological polar surface area (TPSA) is 124 Å². The van der Waals surface area contributed by atoms with Crippen molar-refractivity contribution >= 4 is 23.4 Å². The van der Waals surface area contributed by atoms with Crippen molar-refractivity contribution in [2.24, 2.45) is 5.92 Å². The predicted octanol–water partition coefficient (Wildman–Crippen LogP) is 5.86. The van der Waals surface area contributed by atoms with Gasteiger partial charge in [-0.2, -0.15) is 15.3 Å². The molecule has 1 saturated carbocycles. The lowest BCUT2D eigenvalue weighted by Crippen LogP contribution is -2.42. The average molecular weight is 610 g/mol. The Balaban J connectivity index is 1.32. The highest BCUT2D eigenvalue weighted by Gasteiger charge is 2.31. The highest BCUT2D eigenvalue weighted by atomic mass is 16.6. The zero-order chi connectivity index (χ0) is 31.4. The molecule has 2 aromatic heterocycles. The van der Waals surface area contributed by atoms with Crippen molar-refractivity contribution in [3.63, 3.8) is 0 Å². The van der Waals surface area contributed by atoms with Crippen molar-refractivity contribution in [3.8, 4) is 22.6 Å². The van der Waals surface area contributed by atoms with Crippen LogP contribution in [0.2, 0.25) is 0 Å². The molecule has 1 aliphatic heterocycles. The number of anilines is 2. The molecule has 0 spiro atoms. The van der Waals surface area contributed by atoms with Crippen LogP contribution >= 0.6 is 0 Å². The van der Waals surface area contributed by atoms with Gasteiger partial charge in [-0.05, 0) is 82.2 Å². The molecule has 4 aromatic rings. The van der Waals surface area contributed by atoms with Crippen molar-refractivity contribution < 1.29 is 19.1 Å². The van der Waals surface area contributed by atoms with Crippen LogP contribution in [0.25, 0.3) is 16.8 Å². The first-order chi connectivity index (χ1) is 21.7. The molecule has 1 saturated heterocycles. The molecule has 1 atom stereocenters. The van der Waals surface area contributed by atoms with E-state index in [9.17, 15) is 9.59 Å². The molecular formula is C34H39N7O4. The van der Waals surface area contributed by atoms with Crippen LogP contribution in [-0.2, 0) is 4.74 Å². The van der Waals surface area contributed by atoms with Crippen molar-refractivity contribution in [2.75, 3.05) is 29.9 Å². The first-order valence-electron chi connectivity index (χ1n) is 15.5. The quantitative estimate of drug-likeness (QED) is 0.242. The predicted molar refractivity (Wildman–Crippen MR) is 172 cm³/mol. The van der Waals surface area contributed by atoms with Gasteiger partial charge in [-0.3, -0.25) is 4.79 Å². The highest BCUT2D eigenvalue weighted by molar-refractivity contribution is 6.07. The Labute approximate surface area is 262 Å². The molecule has 3 heterocycles. The monoisotopic (exact) mass is 609 g/mol. The fraction of sp³-hybridized carbons (Fsp3) is 0.382. The van der Waals surface area contributed by atoms with Gasteiger partial charge in [0.25, 0.3) is 5.91 Å². The van der Waals surface area contributed by atoms with Gasteiger partial charge < -0.3 is 25.0 Å². The minimum atomic E-state index is -0.562. The number of hydrogen-bond acceptors (Lipinski definition) is 8. The molecule has 2 amide bonds. The van der Waals surface area contributed by atoms with Crippen LogP contribution < -0.4 is 20.3 Å². The number of benzene rings is 2. The summed E-state index contributed by atoms with van der Waals surface area (Å²) in [5.41, 5.74) is 3.92. The maximum Gasteiger partial charge on any atom is 0.407 e. The third-order valence-electron chi connectivity index (χ3n) is 7.69. The Bertz CT molecular complexity index is 1630. The van der Waals surface area contributed by atoms with Crippen LogP contribution in [0.3, 0.4) is 0 Å². The summed E-state index contributed by atoms with van der Waals surface area (Å²) in [6.45, 7) is 7.54. The number of alkyl carbamates (subject to hydrolysis) is 1. The van der Waals surface area contributed by atoms with Crippen molar-refractivity contribution in [1.82, 2.24) is 25.3 Å². The number of carbonyl (C=O) groups excluding carboxylic acids is 2. The second-order valence-corrected chi connectivity index (χ2v) is 12.6. The summed E-state index contributed by atoms with van der Waals surface area (Å²) < 4.78 is 13.5. The third-order valence-corrected chi connectivity index (χ3v) is 7.69. The Morgan fingerprint density at radius 2 is 1.82 bits per heavy atom. The van der Waals surface area contributed by atoms with Gasteiger partial charge in [0.15, 0.2) is 5.69 Å². The number of hydrogen-bond donors (Lipinski definition) is 2. The molecule has 0 radical (unpaired) electrons. The number of piperidine rings is 1. The van der Waals surface area contributed by atoms with E-state index in [0.29, 0.717) is 24.5 Å². The zero-order valence-electron chi connectivity index (χ0n) is 25.9. The summed E-state index contributed by atoms with van der Waals surface area (Å²) in [6.07, 6.45) is 8.62. The average Bonchev–Trinajstić information content (AvgIpc) is 3.71. The largest absolute Gasteiger partial charge is 0.490 e. The second kappa shape index (κ2) is 13.0. The van der Waals surface area contributed by atoms with Crippen LogP contribution in [0.5, 0.6) is 5.75 Å². The standard InChI is InChI=1S/C34H39N7O4/c1-34(2,3)45-33(43)35-20-23-8-7-18-40(22-23)31-27(38-32(42)28-16-19-41(39-28)25-15-17-36-37-21-25)13-14-29(44-26-11-12-26)30(31)24-9-5-4-6-10-24/h4-6,9-10,13-17,19,21,23,26H,7-8,11-12,18,20,22H2,1-3H3,(H,35,43)(H,38,42)/t23-/m0/s1. The summed E-state index contributed by atoms with van der Waals surface area (Å²) in [4.78, 5) is 28.4. The summed E-state index contributed by atoms with van der Waals surface area (Å²) in [6, 6.07) is 17.5. The molecular weight excluding hydrogens is 570 g/mol.